The molecule has 0 spiro atoms. The summed E-state index contributed by atoms with van der Waals surface area (Å²) in [6.45, 7) is 0.636. The summed E-state index contributed by atoms with van der Waals surface area (Å²) in [7, 11) is 1.53. The van der Waals surface area contributed by atoms with E-state index in [-0.39, 0.29) is 17.8 Å². The highest BCUT2D eigenvalue weighted by Gasteiger charge is 2.34. The number of nitrogens with zero attached hydrogens (tertiary/aromatic N) is 3. The maximum Gasteiger partial charge on any atom is 0.256 e. The molecule has 0 unspecified atom stereocenters. The predicted octanol–water partition coefficient (Wildman–Crippen LogP) is 3.79. The lowest BCUT2D eigenvalue weighted by Crippen LogP contribution is -2.30. The molecule has 1 saturated heterocycles. The third-order valence-corrected chi connectivity index (χ3v) is 4.83. The van der Waals surface area contributed by atoms with Crippen molar-refractivity contribution in [2.45, 2.75) is 25.3 Å². The zero-order valence-electron chi connectivity index (χ0n) is 15.5. The van der Waals surface area contributed by atoms with Crippen LogP contribution in [-0.4, -0.2) is 34.4 Å². The Balaban J connectivity index is 1.50. The van der Waals surface area contributed by atoms with E-state index in [1.165, 1.54) is 25.4 Å². The number of likely N-dealkylation sites (tertiary alicyclic amines) is 1. The number of aromatic nitrogens is 2. The van der Waals surface area contributed by atoms with E-state index in [4.69, 9.17) is 9.15 Å². The minimum atomic E-state index is -0.280. The van der Waals surface area contributed by atoms with E-state index in [1.54, 1.807) is 29.3 Å². The van der Waals surface area contributed by atoms with E-state index in [0.717, 1.165) is 18.4 Å². The lowest BCUT2D eigenvalue weighted by atomic mass is 10.1. The summed E-state index contributed by atoms with van der Waals surface area (Å²) < 4.78 is 24.3. The normalized spacial score (nSPS) is 16.4. The molecule has 2 aromatic heterocycles. The molecule has 144 valence electrons. The maximum absolute atomic E-state index is 13.4. The van der Waals surface area contributed by atoms with Crippen molar-refractivity contribution in [3.05, 3.63) is 77.4 Å². The molecule has 1 aliphatic rings. The van der Waals surface area contributed by atoms with Gasteiger partial charge in [0.25, 0.3) is 5.91 Å². The van der Waals surface area contributed by atoms with Gasteiger partial charge in [0.1, 0.15) is 17.6 Å². The molecule has 1 aliphatic heterocycles. The van der Waals surface area contributed by atoms with Crippen molar-refractivity contribution >= 4 is 5.91 Å². The van der Waals surface area contributed by atoms with Crippen molar-refractivity contribution in [2.75, 3.05) is 13.7 Å². The van der Waals surface area contributed by atoms with Crippen LogP contribution < -0.4 is 4.74 Å². The number of amides is 1. The Morgan fingerprint density at radius 3 is 2.93 bits per heavy atom. The molecule has 3 heterocycles. The number of ether oxygens (including phenoxy) is 1. The highest BCUT2D eigenvalue weighted by Crippen LogP contribution is 2.33. The van der Waals surface area contributed by atoms with Crippen LogP contribution >= 0.6 is 0 Å². The third kappa shape index (κ3) is 3.74. The topological polar surface area (TPSA) is 68.5 Å². The van der Waals surface area contributed by atoms with Crippen LogP contribution in [0.3, 0.4) is 0 Å². The van der Waals surface area contributed by atoms with Crippen molar-refractivity contribution in [1.29, 1.82) is 0 Å². The van der Waals surface area contributed by atoms with E-state index in [1.807, 2.05) is 6.07 Å². The molecular weight excluding hydrogens is 361 g/mol. The molecule has 0 saturated carbocycles. The van der Waals surface area contributed by atoms with Crippen molar-refractivity contribution in [3.8, 4) is 5.88 Å². The van der Waals surface area contributed by atoms with Crippen molar-refractivity contribution < 1.29 is 18.3 Å². The Morgan fingerprint density at radius 1 is 1.29 bits per heavy atom. The molecule has 1 atom stereocenters. The first-order valence-corrected chi connectivity index (χ1v) is 9.14. The van der Waals surface area contributed by atoms with Gasteiger partial charge in [0.05, 0.1) is 18.9 Å². The molecule has 0 radical (unpaired) electrons. The second-order valence-electron chi connectivity index (χ2n) is 6.72. The highest BCUT2D eigenvalue weighted by molar-refractivity contribution is 5.94. The van der Waals surface area contributed by atoms with Crippen LogP contribution in [-0.2, 0) is 6.42 Å². The molecule has 1 amide bonds. The average molecular weight is 381 g/mol. The van der Waals surface area contributed by atoms with Gasteiger partial charge in [-0.15, -0.1) is 0 Å². The number of rotatable bonds is 5. The number of hydrogen-bond donors (Lipinski definition) is 0. The summed E-state index contributed by atoms with van der Waals surface area (Å²) in [5.74, 6) is 1.23. The Bertz CT molecular complexity index is 971. The molecule has 1 aromatic carbocycles. The zero-order chi connectivity index (χ0) is 19.5. The van der Waals surface area contributed by atoms with Crippen LogP contribution in [0.5, 0.6) is 5.88 Å². The molecule has 1 fully saturated rings. The van der Waals surface area contributed by atoms with Crippen LogP contribution in [0.25, 0.3) is 0 Å². The number of hydrogen-bond acceptors (Lipinski definition) is 5. The fraction of sp³-hybridized carbons (Fsp3) is 0.286. The van der Waals surface area contributed by atoms with Crippen molar-refractivity contribution in [1.82, 2.24) is 14.9 Å². The summed E-state index contributed by atoms with van der Waals surface area (Å²) in [5.41, 5.74) is 1.31. The number of pyridine rings is 1. The molecule has 28 heavy (non-hydrogen) atoms. The van der Waals surface area contributed by atoms with Gasteiger partial charge in [-0.1, -0.05) is 12.1 Å². The summed E-state index contributed by atoms with van der Waals surface area (Å²) in [6, 6.07) is 9.55. The van der Waals surface area contributed by atoms with Gasteiger partial charge >= 0.3 is 0 Å². The predicted molar refractivity (Wildman–Crippen MR) is 99.5 cm³/mol. The fourth-order valence-electron chi connectivity index (χ4n) is 3.47. The third-order valence-electron chi connectivity index (χ3n) is 4.83. The average Bonchev–Trinajstić information content (AvgIpc) is 3.37. The van der Waals surface area contributed by atoms with Crippen molar-refractivity contribution in [2.24, 2.45) is 0 Å². The number of oxazole rings is 1. The highest BCUT2D eigenvalue weighted by atomic mass is 19.1. The number of carbonyl (C=O) groups excluding carboxylic acids is 1. The van der Waals surface area contributed by atoms with Crippen LogP contribution in [0.2, 0.25) is 0 Å². The molecule has 6 nitrogen and oxygen atoms in total. The Kier molecular flexibility index (Phi) is 5.06. The van der Waals surface area contributed by atoms with E-state index in [0.29, 0.717) is 36.1 Å². The Labute approximate surface area is 162 Å². The second-order valence-corrected chi connectivity index (χ2v) is 6.72. The lowest BCUT2D eigenvalue weighted by Gasteiger charge is -2.22. The standard InChI is InChI=1S/C21H20FN3O3/c1-27-19-8-7-15(12-23-19)21(26)25-9-3-6-18(25)20-24-13-17(28-20)11-14-4-2-5-16(22)10-14/h2,4-5,7-8,10,12-13,18H,3,6,9,11H2,1H3/t18-/m0/s1. The fourth-order valence-corrected chi connectivity index (χ4v) is 3.47. The van der Waals surface area contributed by atoms with E-state index < -0.39 is 0 Å². The van der Waals surface area contributed by atoms with Crippen molar-refractivity contribution in [3.63, 3.8) is 0 Å². The molecule has 0 bridgehead atoms. The van der Waals surface area contributed by atoms with E-state index >= 15 is 0 Å². The van der Waals surface area contributed by atoms with E-state index in [9.17, 15) is 9.18 Å². The van der Waals surface area contributed by atoms with Gasteiger partial charge in [-0.3, -0.25) is 4.79 Å². The van der Waals surface area contributed by atoms with Gasteiger partial charge in [-0.2, -0.15) is 0 Å². The molecule has 3 aromatic rings. The second kappa shape index (κ2) is 7.80. The van der Waals surface area contributed by atoms with Gasteiger partial charge in [0, 0.05) is 25.2 Å². The molecular formula is C21H20FN3O3. The minimum Gasteiger partial charge on any atom is -0.481 e. The van der Waals surface area contributed by atoms with Gasteiger partial charge < -0.3 is 14.1 Å². The summed E-state index contributed by atoms with van der Waals surface area (Å²) in [4.78, 5) is 23.2. The zero-order valence-corrected chi connectivity index (χ0v) is 15.5. The number of methoxy groups -OCH3 is 1. The SMILES string of the molecule is COc1ccc(C(=O)N2CCC[C@H]2c2ncc(Cc3cccc(F)c3)o2)cn1. The minimum absolute atomic E-state index is 0.109. The Morgan fingerprint density at radius 2 is 2.18 bits per heavy atom. The number of halogens is 1. The Hall–Kier alpha value is -3.22. The summed E-state index contributed by atoms with van der Waals surface area (Å²) in [6.07, 6.45) is 5.28. The first-order valence-electron chi connectivity index (χ1n) is 9.14. The monoisotopic (exact) mass is 381 g/mol. The van der Waals surface area contributed by atoms with Crippen LogP contribution in [0.1, 0.15) is 46.5 Å². The largest absolute Gasteiger partial charge is 0.481 e. The summed E-state index contributed by atoms with van der Waals surface area (Å²) >= 11 is 0. The molecule has 0 N–H and O–H groups in total. The molecule has 4 rings (SSSR count). The van der Waals surface area contributed by atoms with Gasteiger partial charge in [-0.25, -0.2) is 14.4 Å². The first-order chi connectivity index (χ1) is 13.6. The smallest absolute Gasteiger partial charge is 0.256 e. The van der Waals surface area contributed by atoms with E-state index in [2.05, 4.69) is 9.97 Å². The van der Waals surface area contributed by atoms with Crippen LogP contribution in [0, 0.1) is 5.82 Å². The maximum atomic E-state index is 13.4. The van der Waals surface area contributed by atoms with Gasteiger partial charge in [0.15, 0.2) is 0 Å². The lowest BCUT2D eigenvalue weighted by molar-refractivity contribution is 0.0714. The van der Waals surface area contributed by atoms with Gasteiger partial charge in [-0.05, 0) is 36.6 Å². The van der Waals surface area contributed by atoms with Gasteiger partial charge in [0.2, 0.25) is 11.8 Å². The number of benzene rings is 1. The van der Waals surface area contributed by atoms with Crippen LogP contribution in [0.15, 0.2) is 53.2 Å². The molecule has 7 heteroatoms. The first kappa shape index (κ1) is 18.2. The van der Waals surface area contributed by atoms with Crippen LogP contribution in [0.4, 0.5) is 4.39 Å². The molecule has 0 aliphatic carbocycles. The summed E-state index contributed by atoms with van der Waals surface area (Å²) in [5, 5.41) is 0. The number of carbonyl (C=O) groups is 1. The quantitative estimate of drug-likeness (QED) is 0.673.